The fourth-order valence-corrected chi connectivity index (χ4v) is 3.90. The molecule has 2 aliphatic rings. The second kappa shape index (κ2) is 8.07. The van der Waals surface area contributed by atoms with Gasteiger partial charge >= 0.3 is 0 Å². The highest BCUT2D eigenvalue weighted by molar-refractivity contribution is 5.28. The van der Waals surface area contributed by atoms with Crippen molar-refractivity contribution >= 4 is 5.95 Å². The average Bonchev–Trinajstić information content (AvgIpc) is 3.00. The van der Waals surface area contributed by atoms with Gasteiger partial charge in [0.05, 0.1) is 6.04 Å². The lowest BCUT2D eigenvalue weighted by Crippen LogP contribution is -2.36. The van der Waals surface area contributed by atoms with Gasteiger partial charge in [0.2, 0.25) is 5.95 Å². The smallest absolute Gasteiger partial charge is 0.225 e. The molecule has 6 nitrogen and oxygen atoms in total. The van der Waals surface area contributed by atoms with Crippen LogP contribution in [0.1, 0.15) is 18.0 Å². The number of benzene rings is 1. The summed E-state index contributed by atoms with van der Waals surface area (Å²) in [5, 5.41) is 0. The standard InChI is InChI=1S/C19H25FN6/c20-17-5-1-4-15(12-17)18-16(13-23-24-18)14-25-8-3-9-26(11-10-25)19-21-6-2-7-22-19/h1-2,4-7,12,16,18,23-24H,3,8-11,13-14H2. The van der Waals surface area contributed by atoms with Crippen molar-refractivity contribution in [2.24, 2.45) is 5.92 Å². The molecule has 1 aromatic carbocycles. The Bertz CT molecular complexity index is 712. The van der Waals surface area contributed by atoms with E-state index in [1.54, 1.807) is 24.5 Å². The molecule has 2 fully saturated rings. The Kier molecular flexibility index (Phi) is 5.38. The number of hydrazine groups is 1. The number of hydrogen-bond donors (Lipinski definition) is 2. The summed E-state index contributed by atoms with van der Waals surface area (Å²) in [6.07, 6.45) is 4.69. The first-order valence-electron chi connectivity index (χ1n) is 9.28. The minimum absolute atomic E-state index is 0.141. The molecule has 2 N–H and O–H groups in total. The van der Waals surface area contributed by atoms with Gasteiger partial charge in [-0.25, -0.2) is 19.8 Å². The molecule has 2 aliphatic heterocycles. The fraction of sp³-hybridized carbons (Fsp3) is 0.474. The van der Waals surface area contributed by atoms with Crippen molar-refractivity contribution in [1.29, 1.82) is 0 Å². The second-order valence-corrected chi connectivity index (χ2v) is 7.01. The summed E-state index contributed by atoms with van der Waals surface area (Å²) in [6, 6.07) is 8.90. The van der Waals surface area contributed by atoms with Gasteiger partial charge in [-0.05, 0) is 36.7 Å². The highest BCUT2D eigenvalue weighted by Gasteiger charge is 2.30. The van der Waals surface area contributed by atoms with Gasteiger partial charge in [-0.15, -0.1) is 0 Å². The average molecular weight is 356 g/mol. The number of nitrogens with zero attached hydrogens (tertiary/aromatic N) is 4. The Morgan fingerprint density at radius 3 is 2.81 bits per heavy atom. The van der Waals surface area contributed by atoms with E-state index in [2.05, 4.69) is 30.6 Å². The molecule has 3 heterocycles. The van der Waals surface area contributed by atoms with Gasteiger partial charge in [0.15, 0.2) is 0 Å². The number of anilines is 1. The quantitative estimate of drug-likeness (QED) is 0.868. The third-order valence-corrected chi connectivity index (χ3v) is 5.22. The highest BCUT2D eigenvalue weighted by atomic mass is 19.1. The van der Waals surface area contributed by atoms with Crippen LogP contribution in [0.5, 0.6) is 0 Å². The van der Waals surface area contributed by atoms with E-state index in [0.717, 1.165) is 57.2 Å². The van der Waals surface area contributed by atoms with Crippen LogP contribution in [0.15, 0.2) is 42.7 Å². The SMILES string of the molecule is Fc1cccc(C2NNCC2CN2CCCN(c3ncccn3)CC2)c1. The summed E-state index contributed by atoms with van der Waals surface area (Å²) >= 11 is 0. The number of nitrogens with one attached hydrogen (secondary N) is 2. The summed E-state index contributed by atoms with van der Waals surface area (Å²) in [4.78, 5) is 13.5. The Morgan fingerprint density at radius 1 is 1.08 bits per heavy atom. The van der Waals surface area contributed by atoms with E-state index in [-0.39, 0.29) is 11.9 Å². The van der Waals surface area contributed by atoms with Gasteiger partial charge in [0.1, 0.15) is 5.82 Å². The van der Waals surface area contributed by atoms with Crippen molar-refractivity contribution in [3.05, 3.63) is 54.1 Å². The lowest BCUT2D eigenvalue weighted by Gasteiger charge is -2.27. The summed E-state index contributed by atoms with van der Waals surface area (Å²) in [6.45, 7) is 5.85. The van der Waals surface area contributed by atoms with Crippen LogP contribution in [0, 0.1) is 11.7 Å². The molecule has 0 aliphatic carbocycles. The van der Waals surface area contributed by atoms with Crippen molar-refractivity contribution in [3.63, 3.8) is 0 Å². The Hall–Kier alpha value is -2.09. The molecule has 2 saturated heterocycles. The molecular formula is C19H25FN6. The van der Waals surface area contributed by atoms with E-state index < -0.39 is 0 Å². The van der Waals surface area contributed by atoms with Gasteiger partial charge in [-0.3, -0.25) is 5.43 Å². The van der Waals surface area contributed by atoms with Crippen LogP contribution in [-0.2, 0) is 0 Å². The predicted molar refractivity (Wildman–Crippen MR) is 99.1 cm³/mol. The lowest BCUT2D eigenvalue weighted by molar-refractivity contribution is 0.239. The van der Waals surface area contributed by atoms with Gasteiger partial charge in [0, 0.05) is 51.0 Å². The maximum atomic E-state index is 13.6. The van der Waals surface area contributed by atoms with Gasteiger partial charge in [0.25, 0.3) is 0 Å². The van der Waals surface area contributed by atoms with Crippen LogP contribution in [0.3, 0.4) is 0 Å². The zero-order valence-corrected chi connectivity index (χ0v) is 14.8. The fourth-order valence-electron chi connectivity index (χ4n) is 3.90. The van der Waals surface area contributed by atoms with Crippen LogP contribution < -0.4 is 15.8 Å². The van der Waals surface area contributed by atoms with Crippen molar-refractivity contribution in [2.45, 2.75) is 12.5 Å². The molecular weight excluding hydrogens is 331 g/mol. The summed E-state index contributed by atoms with van der Waals surface area (Å²) in [5.74, 6) is 1.05. The van der Waals surface area contributed by atoms with E-state index in [1.807, 2.05) is 12.1 Å². The Morgan fingerprint density at radius 2 is 1.96 bits per heavy atom. The third-order valence-electron chi connectivity index (χ3n) is 5.22. The number of aromatic nitrogens is 2. The first-order chi connectivity index (χ1) is 12.8. The van der Waals surface area contributed by atoms with E-state index in [1.165, 1.54) is 6.07 Å². The first-order valence-corrected chi connectivity index (χ1v) is 9.28. The first kappa shape index (κ1) is 17.3. The molecule has 26 heavy (non-hydrogen) atoms. The normalized spacial score (nSPS) is 24.6. The van der Waals surface area contributed by atoms with Crippen molar-refractivity contribution in [1.82, 2.24) is 25.7 Å². The molecule has 7 heteroatoms. The largest absolute Gasteiger partial charge is 0.339 e. The molecule has 0 saturated carbocycles. The van der Waals surface area contributed by atoms with Gasteiger partial charge in [-0.1, -0.05) is 12.1 Å². The highest BCUT2D eigenvalue weighted by Crippen LogP contribution is 2.26. The van der Waals surface area contributed by atoms with E-state index in [4.69, 9.17) is 0 Å². The molecule has 4 rings (SSSR count). The molecule has 2 unspecified atom stereocenters. The minimum atomic E-state index is -0.178. The maximum absolute atomic E-state index is 13.6. The molecule has 0 radical (unpaired) electrons. The predicted octanol–water partition coefficient (Wildman–Crippen LogP) is 1.59. The zero-order valence-electron chi connectivity index (χ0n) is 14.8. The summed E-state index contributed by atoms with van der Waals surface area (Å²) in [5.41, 5.74) is 7.58. The second-order valence-electron chi connectivity index (χ2n) is 7.01. The number of hydrogen-bond acceptors (Lipinski definition) is 6. The molecule has 138 valence electrons. The van der Waals surface area contributed by atoms with E-state index in [9.17, 15) is 4.39 Å². The van der Waals surface area contributed by atoms with E-state index >= 15 is 0 Å². The monoisotopic (exact) mass is 356 g/mol. The maximum Gasteiger partial charge on any atom is 0.225 e. The lowest BCUT2D eigenvalue weighted by atomic mass is 9.94. The molecule has 2 aromatic rings. The van der Waals surface area contributed by atoms with Crippen LogP contribution in [0.2, 0.25) is 0 Å². The van der Waals surface area contributed by atoms with Crippen LogP contribution in [0.25, 0.3) is 0 Å². The summed E-state index contributed by atoms with van der Waals surface area (Å²) in [7, 11) is 0. The summed E-state index contributed by atoms with van der Waals surface area (Å²) < 4.78 is 13.6. The molecule has 0 spiro atoms. The zero-order chi connectivity index (χ0) is 17.8. The van der Waals surface area contributed by atoms with Crippen molar-refractivity contribution in [2.75, 3.05) is 44.2 Å². The van der Waals surface area contributed by atoms with E-state index in [0.29, 0.717) is 5.92 Å². The van der Waals surface area contributed by atoms with Crippen LogP contribution >= 0.6 is 0 Å². The van der Waals surface area contributed by atoms with Crippen molar-refractivity contribution in [3.8, 4) is 0 Å². The molecule has 0 bridgehead atoms. The topological polar surface area (TPSA) is 56.3 Å². The molecule has 2 atom stereocenters. The molecule has 1 aromatic heterocycles. The minimum Gasteiger partial charge on any atom is -0.339 e. The Balaban J connectivity index is 1.38. The van der Waals surface area contributed by atoms with Gasteiger partial charge < -0.3 is 9.80 Å². The van der Waals surface area contributed by atoms with Gasteiger partial charge in [-0.2, -0.15) is 0 Å². The molecule has 0 amide bonds. The van der Waals surface area contributed by atoms with Crippen LogP contribution in [0.4, 0.5) is 10.3 Å². The third kappa shape index (κ3) is 4.00. The van der Waals surface area contributed by atoms with Crippen LogP contribution in [-0.4, -0.2) is 54.1 Å². The Labute approximate surface area is 153 Å². The number of rotatable bonds is 4. The van der Waals surface area contributed by atoms with Crippen molar-refractivity contribution < 1.29 is 4.39 Å². The number of halogens is 1.